The number of hydrogen-bond acceptors (Lipinski definition) is 5. The highest BCUT2D eigenvalue weighted by Crippen LogP contribution is 2.22. The predicted molar refractivity (Wildman–Crippen MR) is 83.5 cm³/mol. The molecule has 0 aromatic heterocycles. The van der Waals surface area contributed by atoms with Crippen molar-refractivity contribution in [2.24, 2.45) is 0 Å². The first kappa shape index (κ1) is 17.3. The van der Waals surface area contributed by atoms with Crippen LogP contribution >= 0.6 is 0 Å². The van der Waals surface area contributed by atoms with E-state index in [2.05, 4.69) is 10.0 Å². The van der Waals surface area contributed by atoms with Gasteiger partial charge in [-0.3, -0.25) is 4.79 Å². The summed E-state index contributed by atoms with van der Waals surface area (Å²) in [5, 5.41) is 2.94. The van der Waals surface area contributed by atoms with Gasteiger partial charge >= 0.3 is 0 Å². The van der Waals surface area contributed by atoms with Gasteiger partial charge in [0.2, 0.25) is 15.9 Å². The first-order valence-corrected chi connectivity index (χ1v) is 8.18. The summed E-state index contributed by atoms with van der Waals surface area (Å²) >= 11 is 0. The first-order valence-electron chi connectivity index (χ1n) is 6.70. The number of likely N-dealkylation sites (N-methyl/N-ethyl adjacent to an activating group) is 1. The zero-order chi connectivity index (χ0) is 16.0. The number of anilines is 2. The third kappa shape index (κ3) is 4.33. The lowest BCUT2D eigenvalue weighted by molar-refractivity contribution is -0.128. The maximum absolute atomic E-state index is 11.9. The van der Waals surface area contributed by atoms with Crippen molar-refractivity contribution in [1.82, 2.24) is 9.62 Å². The number of nitrogens with zero attached hydrogens (tertiary/aromatic N) is 1. The molecule has 8 heteroatoms. The van der Waals surface area contributed by atoms with Crippen molar-refractivity contribution in [2.45, 2.75) is 18.7 Å². The van der Waals surface area contributed by atoms with Gasteiger partial charge in [0.1, 0.15) is 4.90 Å². The summed E-state index contributed by atoms with van der Waals surface area (Å²) in [7, 11) is -2.25. The Bertz CT molecular complexity index is 597. The summed E-state index contributed by atoms with van der Waals surface area (Å²) < 4.78 is 25.6. The van der Waals surface area contributed by atoms with Crippen molar-refractivity contribution < 1.29 is 13.2 Å². The van der Waals surface area contributed by atoms with Crippen LogP contribution in [0.2, 0.25) is 0 Å². The van der Waals surface area contributed by atoms with E-state index in [9.17, 15) is 13.2 Å². The number of nitrogens with two attached hydrogens (primary N) is 1. The average Bonchev–Trinajstić information content (AvgIpc) is 2.46. The second-order valence-electron chi connectivity index (χ2n) is 4.38. The Morgan fingerprint density at radius 1 is 1.29 bits per heavy atom. The standard InChI is InChI=1S/C13H22N4O3S/c1-4-17(5-2)13(18)9-16-10-6-7-12(11(14)8-10)21(19,20)15-3/h6-8,15-16H,4-5,9,14H2,1-3H3. The molecule has 1 rings (SSSR count). The predicted octanol–water partition coefficient (Wildman–Crippen LogP) is 0.457. The van der Waals surface area contributed by atoms with E-state index in [1.807, 2.05) is 13.8 Å². The molecule has 0 unspecified atom stereocenters. The molecule has 0 aliphatic carbocycles. The van der Waals surface area contributed by atoms with E-state index in [0.29, 0.717) is 18.8 Å². The van der Waals surface area contributed by atoms with Crippen molar-refractivity contribution in [3.05, 3.63) is 18.2 Å². The topological polar surface area (TPSA) is 105 Å². The highest BCUT2D eigenvalue weighted by molar-refractivity contribution is 7.89. The molecule has 1 aromatic rings. The van der Waals surface area contributed by atoms with Gasteiger partial charge in [-0.25, -0.2) is 13.1 Å². The molecular weight excluding hydrogens is 292 g/mol. The number of sulfonamides is 1. The van der Waals surface area contributed by atoms with Crippen LogP contribution in [0, 0.1) is 0 Å². The molecule has 21 heavy (non-hydrogen) atoms. The molecule has 0 saturated carbocycles. The second-order valence-corrected chi connectivity index (χ2v) is 6.23. The van der Waals surface area contributed by atoms with Gasteiger partial charge in [-0.1, -0.05) is 0 Å². The second kappa shape index (κ2) is 7.28. The Balaban J connectivity index is 2.80. The number of nitrogen functional groups attached to an aromatic ring is 1. The lowest BCUT2D eigenvalue weighted by atomic mass is 10.3. The number of benzene rings is 1. The normalized spacial score (nSPS) is 11.2. The van der Waals surface area contributed by atoms with E-state index in [-0.39, 0.29) is 23.0 Å². The minimum atomic E-state index is -3.58. The molecule has 118 valence electrons. The Hall–Kier alpha value is -1.80. The van der Waals surface area contributed by atoms with Gasteiger partial charge in [-0.05, 0) is 39.1 Å². The van der Waals surface area contributed by atoms with Crippen LogP contribution in [0.3, 0.4) is 0 Å². The number of carbonyl (C=O) groups excluding carboxylic acids is 1. The zero-order valence-corrected chi connectivity index (χ0v) is 13.3. The van der Waals surface area contributed by atoms with Gasteiger partial charge in [0, 0.05) is 18.8 Å². The summed E-state index contributed by atoms with van der Waals surface area (Å²) in [5.41, 5.74) is 6.48. The van der Waals surface area contributed by atoms with Crippen LogP contribution in [0.5, 0.6) is 0 Å². The first-order chi connectivity index (χ1) is 9.85. The summed E-state index contributed by atoms with van der Waals surface area (Å²) in [4.78, 5) is 13.6. The summed E-state index contributed by atoms with van der Waals surface area (Å²) in [6, 6.07) is 4.49. The van der Waals surface area contributed by atoms with Crippen molar-refractivity contribution in [1.29, 1.82) is 0 Å². The molecule has 0 heterocycles. The molecule has 1 amide bonds. The SMILES string of the molecule is CCN(CC)C(=O)CNc1ccc(S(=O)(=O)NC)c(N)c1. The van der Waals surface area contributed by atoms with E-state index in [0.717, 1.165) is 0 Å². The van der Waals surface area contributed by atoms with Crippen molar-refractivity contribution in [2.75, 3.05) is 37.7 Å². The fourth-order valence-corrected chi connectivity index (χ4v) is 2.72. The Labute approximate surface area is 125 Å². The highest BCUT2D eigenvalue weighted by atomic mass is 32.2. The van der Waals surface area contributed by atoms with Gasteiger partial charge in [-0.15, -0.1) is 0 Å². The Kier molecular flexibility index (Phi) is 5.98. The molecule has 0 aliphatic rings. The van der Waals surface area contributed by atoms with E-state index in [1.165, 1.54) is 19.2 Å². The van der Waals surface area contributed by atoms with Gasteiger partial charge in [0.05, 0.1) is 12.2 Å². The van der Waals surface area contributed by atoms with Crippen LogP contribution in [-0.4, -0.2) is 45.9 Å². The van der Waals surface area contributed by atoms with Gasteiger partial charge in [0.25, 0.3) is 0 Å². The molecule has 0 bridgehead atoms. The molecule has 0 saturated heterocycles. The van der Waals surface area contributed by atoms with Crippen molar-refractivity contribution in [3.63, 3.8) is 0 Å². The number of rotatable bonds is 7. The van der Waals surface area contributed by atoms with E-state index < -0.39 is 10.0 Å². The number of nitrogens with one attached hydrogen (secondary N) is 2. The summed E-state index contributed by atoms with van der Waals surface area (Å²) in [5.74, 6) is -0.0227. The van der Waals surface area contributed by atoms with Crippen molar-refractivity contribution >= 4 is 27.3 Å². The number of amides is 1. The molecule has 1 aromatic carbocycles. The fraction of sp³-hybridized carbons (Fsp3) is 0.462. The van der Waals surface area contributed by atoms with E-state index in [1.54, 1.807) is 11.0 Å². The minimum Gasteiger partial charge on any atom is -0.398 e. The zero-order valence-electron chi connectivity index (χ0n) is 12.5. The lowest BCUT2D eigenvalue weighted by Gasteiger charge is -2.19. The smallest absolute Gasteiger partial charge is 0.242 e. The van der Waals surface area contributed by atoms with Gasteiger partial charge in [0.15, 0.2) is 0 Å². The van der Waals surface area contributed by atoms with Crippen LogP contribution in [0.15, 0.2) is 23.1 Å². The molecule has 0 radical (unpaired) electrons. The van der Waals surface area contributed by atoms with E-state index >= 15 is 0 Å². The third-order valence-corrected chi connectivity index (χ3v) is 4.62. The quantitative estimate of drug-likeness (QED) is 0.634. The Morgan fingerprint density at radius 3 is 2.38 bits per heavy atom. The average molecular weight is 314 g/mol. The molecule has 0 atom stereocenters. The number of carbonyl (C=O) groups is 1. The molecule has 7 nitrogen and oxygen atoms in total. The summed E-state index contributed by atoms with van der Waals surface area (Å²) in [6.45, 7) is 5.27. The molecule has 0 aliphatic heterocycles. The lowest BCUT2D eigenvalue weighted by Crippen LogP contribution is -2.35. The van der Waals surface area contributed by atoms with Crippen LogP contribution in [0.1, 0.15) is 13.8 Å². The fourth-order valence-electron chi connectivity index (χ4n) is 1.88. The molecule has 0 spiro atoms. The largest absolute Gasteiger partial charge is 0.398 e. The minimum absolute atomic E-state index is 0.0191. The van der Waals surface area contributed by atoms with Gasteiger partial charge < -0.3 is 16.0 Å². The number of hydrogen-bond donors (Lipinski definition) is 3. The van der Waals surface area contributed by atoms with Crippen LogP contribution in [-0.2, 0) is 14.8 Å². The Morgan fingerprint density at radius 2 is 1.90 bits per heavy atom. The van der Waals surface area contributed by atoms with Crippen LogP contribution in [0.4, 0.5) is 11.4 Å². The third-order valence-electron chi connectivity index (χ3n) is 3.13. The van der Waals surface area contributed by atoms with E-state index in [4.69, 9.17) is 5.73 Å². The van der Waals surface area contributed by atoms with Crippen LogP contribution < -0.4 is 15.8 Å². The maximum Gasteiger partial charge on any atom is 0.242 e. The van der Waals surface area contributed by atoms with Crippen molar-refractivity contribution in [3.8, 4) is 0 Å². The molecular formula is C13H22N4O3S. The molecule has 0 fully saturated rings. The molecule has 4 N–H and O–H groups in total. The van der Waals surface area contributed by atoms with Crippen LogP contribution in [0.25, 0.3) is 0 Å². The maximum atomic E-state index is 11.9. The highest BCUT2D eigenvalue weighted by Gasteiger charge is 2.15. The monoisotopic (exact) mass is 314 g/mol. The summed E-state index contributed by atoms with van der Waals surface area (Å²) in [6.07, 6.45) is 0. The van der Waals surface area contributed by atoms with Gasteiger partial charge in [-0.2, -0.15) is 0 Å².